The molecule has 6 aromatic rings. The highest BCUT2D eigenvalue weighted by atomic mass is 35.5. The molecule has 0 aliphatic rings. The number of nitrogens with one attached hydrogen (secondary N) is 3. The highest BCUT2D eigenvalue weighted by Crippen LogP contribution is 2.38. The smallest absolute Gasteiger partial charge is 0.272 e. The Balaban J connectivity index is 1.20. The lowest BCUT2D eigenvalue weighted by Gasteiger charge is -2.17. The minimum atomic E-state index is -0.635. The molecule has 8 nitrogen and oxygen atoms in total. The van der Waals surface area contributed by atoms with Crippen molar-refractivity contribution >= 4 is 69.3 Å². The standard InChI is InChI=1S/C37H27ClN4O4S2/c38-30-19-8-7-18-29(30)32-23-47-37(41-32)42-36(45)33(24-11-3-1-4-12-24)48-28-17-9-15-26(21-28)39-35(44)31(22-27-16-10-20-46-27)40-34(43)25-13-5-2-6-14-25/h1-23,33H,(H,39,44)(H,40,43)(H,41,42,45)/b31-22-. The van der Waals surface area contributed by atoms with Gasteiger partial charge in [0.1, 0.15) is 16.7 Å². The Morgan fingerprint density at radius 1 is 0.833 bits per heavy atom. The molecule has 2 heterocycles. The van der Waals surface area contributed by atoms with Crippen molar-refractivity contribution in [3.05, 3.63) is 161 Å². The fraction of sp³-hybridized carbons (Fsp3) is 0.0270. The third-order valence-corrected chi connectivity index (χ3v) is 9.26. The molecule has 238 valence electrons. The van der Waals surface area contributed by atoms with Gasteiger partial charge in [-0.1, -0.05) is 84.4 Å². The fourth-order valence-corrected chi connectivity index (χ4v) is 6.66. The maximum Gasteiger partial charge on any atom is 0.272 e. The zero-order valence-electron chi connectivity index (χ0n) is 25.1. The zero-order valence-corrected chi connectivity index (χ0v) is 27.5. The summed E-state index contributed by atoms with van der Waals surface area (Å²) < 4.78 is 5.39. The Labute approximate surface area is 289 Å². The van der Waals surface area contributed by atoms with Gasteiger partial charge in [0.25, 0.3) is 11.8 Å². The Morgan fingerprint density at radius 2 is 1.58 bits per heavy atom. The van der Waals surface area contributed by atoms with Crippen LogP contribution in [0.4, 0.5) is 10.8 Å². The summed E-state index contributed by atoms with van der Waals surface area (Å²) in [6.45, 7) is 0. The number of benzene rings is 4. The number of amides is 3. The summed E-state index contributed by atoms with van der Waals surface area (Å²) >= 11 is 9.00. The number of rotatable bonds is 11. The molecule has 4 aromatic carbocycles. The molecule has 48 heavy (non-hydrogen) atoms. The normalized spacial score (nSPS) is 11.8. The second kappa shape index (κ2) is 15.4. The van der Waals surface area contributed by atoms with Crippen molar-refractivity contribution in [3.63, 3.8) is 0 Å². The van der Waals surface area contributed by atoms with Gasteiger partial charge in [-0.3, -0.25) is 14.4 Å². The maximum atomic E-state index is 13.7. The van der Waals surface area contributed by atoms with E-state index in [9.17, 15) is 14.4 Å². The van der Waals surface area contributed by atoms with Crippen LogP contribution in [0.1, 0.15) is 26.9 Å². The van der Waals surface area contributed by atoms with E-state index in [1.54, 1.807) is 66.7 Å². The predicted molar refractivity (Wildman–Crippen MR) is 192 cm³/mol. The number of carbonyl (C=O) groups is 3. The number of nitrogens with zero attached hydrogens (tertiary/aromatic N) is 1. The summed E-state index contributed by atoms with van der Waals surface area (Å²) in [5.74, 6) is -0.848. The van der Waals surface area contributed by atoms with E-state index in [1.165, 1.54) is 35.4 Å². The third-order valence-electron chi connectivity index (χ3n) is 6.93. The largest absolute Gasteiger partial charge is 0.465 e. The zero-order chi connectivity index (χ0) is 33.3. The van der Waals surface area contributed by atoms with E-state index >= 15 is 0 Å². The van der Waals surface area contributed by atoms with Gasteiger partial charge in [-0.2, -0.15) is 0 Å². The maximum absolute atomic E-state index is 13.7. The molecule has 3 N–H and O–H groups in total. The number of thiazole rings is 1. The third kappa shape index (κ3) is 8.29. The molecule has 0 aliphatic carbocycles. The Hall–Kier alpha value is -5.42. The van der Waals surface area contributed by atoms with Crippen molar-refractivity contribution in [2.75, 3.05) is 10.6 Å². The first-order valence-electron chi connectivity index (χ1n) is 14.7. The van der Waals surface area contributed by atoms with E-state index in [0.717, 1.165) is 16.0 Å². The molecule has 0 spiro atoms. The van der Waals surface area contributed by atoms with E-state index in [0.29, 0.717) is 32.9 Å². The second-order valence-electron chi connectivity index (χ2n) is 10.3. The molecule has 0 bridgehead atoms. The monoisotopic (exact) mass is 690 g/mol. The number of anilines is 2. The Bertz CT molecular complexity index is 2070. The molecule has 0 radical (unpaired) electrons. The van der Waals surface area contributed by atoms with Gasteiger partial charge in [-0.05, 0) is 54.1 Å². The summed E-state index contributed by atoms with van der Waals surface area (Å²) in [6.07, 6.45) is 2.94. The average molecular weight is 691 g/mol. The van der Waals surface area contributed by atoms with Crippen molar-refractivity contribution < 1.29 is 18.8 Å². The number of halogens is 1. The van der Waals surface area contributed by atoms with E-state index in [-0.39, 0.29) is 11.6 Å². The van der Waals surface area contributed by atoms with E-state index in [4.69, 9.17) is 16.0 Å². The van der Waals surface area contributed by atoms with Crippen LogP contribution in [0.15, 0.2) is 148 Å². The molecule has 11 heteroatoms. The quantitative estimate of drug-likeness (QED) is 0.0924. The van der Waals surface area contributed by atoms with Crippen LogP contribution < -0.4 is 16.0 Å². The lowest BCUT2D eigenvalue weighted by molar-refractivity contribution is -0.116. The molecule has 2 aromatic heterocycles. The minimum absolute atomic E-state index is 0.00185. The van der Waals surface area contributed by atoms with Gasteiger partial charge in [0.2, 0.25) is 5.91 Å². The number of hydrogen-bond donors (Lipinski definition) is 3. The van der Waals surface area contributed by atoms with Gasteiger partial charge in [0, 0.05) is 38.2 Å². The van der Waals surface area contributed by atoms with E-state index in [2.05, 4.69) is 20.9 Å². The van der Waals surface area contributed by atoms with Gasteiger partial charge in [-0.25, -0.2) is 4.98 Å². The van der Waals surface area contributed by atoms with Crippen LogP contribution in [0.3, 0.4) is 0 Å². The van der Waals surface area contributed by atoms with Crippen LogP contribution in [0, 0.1) is 0 Å². The first-order chi connectivity index (χ1) is 23.4. The summed E-state index contributed by atoms with van der Waals surface area (Å²) in [4.78, 5) is 45.5. The highest BCUT2D eigenvalue weighted by molar-refractivity contribution is 8.00. The number of hydrogen-bond acceptors (Lipinski definition) is 7. The van der Waals surface area contributed by atoms with Crippen LogP contribution in [-0.4, -0.2) is 22.7 Å². The van der Waals surface area contributed by atoms with Gasteiger partial charge in [0.05, 0.1) is 12.0 Å². The number of carbonyl (C=O) groups excluding carboxylic acids is 3. The Kier molecular flexibility index (Phi) is 10.5. The van der Waals surface area contributed by atoms with Gasteiger partial charge in [0.15, 0.2) is 5.13 Å². The van der Waals surface area contributed by atoms with Crippen LogP contribution >= 0.6 is 34.7 Å². The highest BCUT2D eigenvalue weighted by Gasteiger charge is 2.24. The first kappa shape index (κ1) is 32.5. The van der Waals surface area contributed by atoms with Gasteiger partial charge >= 0.3 is 0 Å². The average Bonchev–Trinajstić information content (AvgIpc) is 3.80. The lowest BCUT2D eigenvalue weighted by Crippen LogP contribution is -2.30. The van der Waals surface area contributed by atoms with Gasteiger partial charge < -0.3 is 20.4 Å². The molecule has 0 saturated carbocycles. The van der Waals surface area contributed by atoms with Crippen LogP contribution in [0.5, 0.6) is 0 Å². The molecule has 0 aliphatic heterocycles. The molecule has 3 amide bonds. The number of thioether (sulfide) groups is 1. The van der Waals surface area contributed by atoms with Crippen molar-refractivity contribution in [3.8, 4) is 11.3 Å². The summed E-state index contributed by atoms with van der Waals surface area (Å²) in [6, 6.07) is 35.9. The molecular formula is C37H27ClN4O4S2. The topological polar surface area (TPSA) is 113 Å². The molecule has 0 fully saturated rings. The number of aromatic nitrogens is 1. The van der Waals surface area contributed by atoms with Crippen LogP contribution in [0.2, 0.25) is 5.02 Å². The lowest BCUT2D eigenvalue weighted by atomic mass is 10.1. The van der Waals surface area contributed by atoms with Crippen molar-refractivity contribution in [2.45, 2.75) is 10.1 Å². The van der Waals surface area contributed by atoms with Gasteiger partial charge in [-0.15, -0.1) is 23.1 Å². The van der Waals surface area contributed by atoms with E-state index < -0.39 is 17.1 Å². The summed E-state index contributed by atoms with van der Waals surface area (Å²) in [5, 5.41) is 10.8. The minimum Gasteiger partial charge on any atom is -0.465 e. The number of furan rings is 1. The van der Waals surface area contributed by atoms with Crippen molar-refractivity contribution in [2.24, 2.45) is 0 Å². The predicted octanol–water partition coefficient (Wildman–Crippen LogP) is 8.94. The van der Waals surface area contributed by atoms with Crippen LogP contribution in [-0.2, 0) is 9.59 Å². The molecule has 1 atom stereocenters. The first-order valence-corrected chi connectivity index (χ1v) is 16.8. The SMILES string of the molecule is O=C(Nc1cccc(SC(C(=O)Nc2nc(-c3ccccc3Cl)cs2)c2ccccc2)c1)/C(=C/c1ccco1)NC(=O)c1ccccc1. The van der Waals surface area contributed by atoms with Crippen molar-refractivity contribution in [1.82, 2.24) is 10.3 Å². The Morgan fingerprint density at radius 3 is 2.33 bits per heavy atom. The van der Waals surface area contributed by atoms with Crippen LogP contribution in [0.25, 0.3) is 17.3 Å². The molecule has 0 saturated heterocycles. The van der Waals surface area contributed by atoms with Crippen molar-refractivity contribution in [1.29, 1.82) is 0 Å². The molecular weight excluding hydrogens is 664 g/mol. The molecule has 6 rings (SSSR count). The van der Waals surface area contributed by atoms with E-state index in [1.807, 2.05) is 60.0 Å². The summed E-state index contributed by atoms with van der Waals surface area (Å²) in [5.41, 5.74) is 3.12. The summed E-state index contributed by atoms with van der Waals surface area (Å²) in [7, 11) is 0. The molecule has 1 unspecified atom stereocenters. The second-order valence-corrected chi connectivity index (χ2v) is 12.7. The fourth-order valence-electron chi connectivity index (χ4n) is 4.64.